The number of H-pyrrole nitrogens is 1. The molecule has 0 spiro atoms. The molecule has 0 atom stereocenters. The van der Waals surface area contributed by atoms with Crippen molar-refractivity contribution >= 4 is 11.0 Å². The predicted molar refractivity (Wildman–Crippen MR) is 81.2 cm³/mol. The van der Waals surface area contributed by atoms with E-state index in [1.165, 1.54) is 5.56 Å². The van der Waals surface area contributed by atoms with Crippen LogP contribution in [0.25, 0.3) is 11.0 Å². The zero-order valence-electron chi connectivity index (χ0n) is 11.8. The number of benzene rings is 2. The summed E-state index contributed by atoms with van der Waals surface area (Å²) in [5, 5.41) is 8.89. The molecule has 104 valence electrons. The van der Waals surface area contributed by atoms with E-state index >= 15 is 0 Å². The highest BCUT2D eigenvalue weighted by molar-refractivity contribution is 5.76. The maximum absolute atomic E-state index is 8.89. The lowest BCUT2D eigenvalue weighted by Crippen LogP contribution is -2.02. The Morgan fingerprint density at radius 2 is 2.14 bits per heavy atom. The summed E-state index contributed by atoms with van der Waals surface area (Å²) in [4.78, 5) is 7.72. The average Bonchev–Trinajstić information content (AvgIpc) is 2.89. The molecule has 3 rings (SSSR count). The van der Waals surface area contributed by atoms with E-state index in [0.29, 0.717) is 18.6 Å². The van der Waals surface area contributed by atoms with Gasteiger partial charge in [-0.2, -0.15) is 5.26 Å². The van der Waals surface area contributed by atoms with Crippen molar-refractivity contribution in [2.45, 2.75) is 13.3 Å². The van der Waals surface area contributed by atoms with Gasteiger partial charge in [-0.25, -0.2) is 4.98 Å². The van der Waals surface area contributed by atoms with Crippen molar-refractivity contribution < 1.29 is 4.74 Å². The Hall–Kier alpha value is -2.80. The summed E-state index contributed by atoms with van der Waals surface area (Å²) < 4.78 is 5.72. The normalized spacial score (nSPS) is 10.5. The molecule has 4 heteroatoms. The molecule has 3 aromatic rings. The Kier molecular flexibility index (Phi) is 3.57. The van der Waals surface area contributed by atoms with E-state index in [9.17, 15) is 0 Å². The van der Waals surface area contributed by atoms with E-state index in [1.54, 1.807) is 6.07 Å². The molecule has 0 aliphatic carbocycles. The number of hydrogen-bond acceptors (Lipinski definition) is 3. The zero-order valence-corrected chi connectivity index (χ0v) is 11.8. The monoisotopic (exact) mass is 277 g/mol. The number of aromatic amines is 1. The minimum atomic E-state index is 0.564. The average molecular weight is 277 g/mol. The Labute approximate surface area is 123 Å². The van der Waals surface area contributed by atoms with Crippen molar-refractivity contribution in [3.8, 4) is 11.8 Å². The van der Waals surface area contributed by atoms with Gasteiger partial charge in [-0.3, -0.25) is 0 Å². The van der Waals surface area contributed by atoms with E-state index in [2.05, 4.69) is 16.0 Å². The van der Waals surface area contributed by atoms with Gasteiger partial charge in [-0.15, -0.1) is 0 Å². The van der Waals surface area contributed by atoms with Crippen molar-refractivity contribution in [1.29, 1.82) is 5.26 Å². The first-order valence-corrected chi connectivity index (χ1v) is 6.83. The Morgan fingerprint density at radius 1 is 1.24 bits per heavy atom. The molecule has 0 saturated carbocycles. The standard InChI is InChI=1S/C17H15N3O/c1-12-3-2-4-14(9-12)21-8-7-17-19-15-6-5-13(11-18)10-16(15)20-17/h2-6,9-10H,7-8H2,1H3,(H,19,20). The van der Waals surface area contributed by atoms with E-state index in [-0.39, 0.29) is 0 Å². The van der Waals surface area contributed by atoms with Gasteiger partial charge in [0.1, 0.15) is 11.6 Å². The van der Waals surface area contributed by atoms with Crippen molar-refractivity contribution in [2.24, 2.45) is 0 Å². The first-order valence-electron chi connectivity index (χ1n) is 6.83. The molecule has 0 aliphatic rings. The Bertz CT molecular complexity index is 814. The quantitative estimate of drug-likeness (QED) is 0.795. The van der Waals surface area contributed by atoms with Crippen molar-refractivity contribution in [2.75, 3.05) is 6.61 Å². The summed E-state index contributed by atoms with van der Waals surface area (Å²) in [6.45, 7) is 2.60. The van der Waals surface area contributed by atoms with Crippen LogP contribution in [0.1, 0.15) is 17.0 Å². The molecule has 2 aromatic carbocycles. The number of ether oxygens (including phenoxy) is 1. The lowest BCUT2D eigenvalue weighted by Gasteiger charge is -2.05. The van der Waals surface area contributed by atoms with E-state index < -0.39 is 0 Å². The second-order valence-corrected chi connectivity index (χ2v) is 4.94. The fourth-order valence-corrected chi connectivity index (χ4v) is 2.22. The number of nitriles is 1. The molecule has 0 unspecified atom stereocenters. The maximum atomic E-state index is 8.89. The van der Waals surface area contributed by atoms with Gasteiger partial charge in [0.2, 0.25) is 0 Å². The summed E-state index contributed by atoms with van der Waals surface area (Å²) in [5.41, 5.74) is 3.58. The third-order valence-corrected chi connectivity index (χ3v) is 3.26. The van der Waals surface area contributed by atoms with Gasteiger partial charge in [-0.05, 0) is 42.8 Å². The summed E-state index contributed by atoms with van der Waals surface area (Å²) >= 11 is 0. The molecule has 0 amide bonds. The predicted octanol–water partition coefficient (Wildman–Crippen LogP) is 3.36. The number of fused-ring (bicyclic) bond motifs is 1. The van der Waals surface area contributed by atoms with E-state index in [1.807, 2.05) is 43.3 Å². The van der Waals surface area contributed by atoms with Gasteiger partial charge in [0.15, 0.2) is 0 Å². The highest BCUT2D eigenvalue weighted by Crippen LogP contribution is 2.15. The molecule has 21 heavy (non-hydrogen) atoms. The Morgan fingerprint density at radius 3 is 2.95 bits per heavy atom. The van der Waals surface area contributed by atoms with Gasteiger partial charge in [0.05, 0.1) is 29.3 Å². The molecule has 1 aromatic heterocycles. The molecule has 0 fully saturated rings. The first-order chi connectivity index (χ1) is 10.2. The number of rotatable bonds is 4. The van der Waals surface area contributed by atoms with Crippen molar-refractivity contribution in [1.82, 2.24) is 9.97 Å². The van der Waals surface area contributed by atoms with Crippen LogP contribution in [0.4, 0.5) is 0 Å². The Balaban J connectivity index is 1.67. The number of nitrogens with one attached hydrogen (secondary N) is 1. The molecular weight excluding hydrogens is 262 g/mol. The minimum Gasteiger partial charge on any atom is -0.493 e. The molecule has 1 heterocycles. The summed E-state index contributed by atoms with van der Waals surface area (Å²) in [6.07, 6.45) is 0.699. The molecule has 0 aliphatic heterocycles. The fourth-order valence-electron chi connectivity index (χ4n) is 2.22. The molecule has 0 saturated heterocycles. The third-order valence-electron chi connectivity index (χ3n) is 3.26. The van der Waals surface area contributed by atoms with Crippen LogP contribution in [0.2, 0.25) is 0 Å². The van der Waals surface area contributed by atoms with Gasteiger partial charge >= 0.3 is 0 Å². The molecule has 4 nitrogen and oxygen atoms in total. The second-order valence-electron chi connectivity index (χ2n) is 4.94. The first kappa shape index (κ1) is 13.2. The number of aromatic nitrogens is 2. The highest BCUT2D eigenvalue weighted by atomic mass is 16.5. The highest BCUT2D eigenvalue weighted by Gasteiger charge is 2.04. The van der Waals surface area contributed by atoms with Gasteiger partial charge in [0.25, 0.3) is 0 Å². The second kappa shape index (κ2) is 5.68. The van der Waals surface area contributed by atoms with Gasteiger partial charge < -0.3 is 9.72 Å². The maximum Gasteiger partial charge on any atom is 0.119 e. The van der Waals surface area contributed by atoms with Crippen LogP contribution in [0.15, 0.2) is 42.5 Å². The molecule has 0 bridgehead atoms. The van der Waals surface area contributed by atoms with Crippen LogP contribution in [-0.2, 0) is 6.42 Å². The fraction of sp³-hybridized carbons (Fsp3) is 0.176. The van der Waals surface area contributed by atoms with Crippen LogP contribution >= 0.6 is 0 Å². The van der Waals surface area contributed by atoms with Crippen LogP contribution in [0.3, 0.4) is 0 Å². The van der Waals surface area contributed by atoms with E-state index in [0.717, 1.165) is 22.6 Å². The van der Waals surface area contributed by atoms with Gasteiger partial charge in [-0.1, -0.05) is 12.1 Å². The lowest BCUT2D eigenvalue weighted by atomic mass is 10.2. The summed E-state index contributed by atoms with van der Waals surface area (Å²) in [5.74, 6) is 1.74. The van der Waals surface area contributed by atoms with Crippen LogP contribution < -0.4 is 4.74 Å². The molecule has 0 radical (unpaired) electrons. The van der Waals surface area contributed by atoms with Crippen LogP contribution in [-0.4, -0.2) is 16.6 Å². The topological polar surface area (TPSA) is 61.7 Å². The molecular formula is C17H15N3O. The minimum absolute atomic E-state index is 0.564. The third kappa shape index (κ3) is 3.03. The zero-order chi connectivity index (χ0) is 14.7. The summed E-state index contributed by atoms with van der Waals surface area (Å²) in [7, 11) is 0. The smallest absolute Gasteiger partial charge is 0.119 e. The van der Waals surface area contributed by atoms with Crippen molar-refractivity contribution in [3.05, 3.63) is 59.4 Å². The SMILES string of the molecule is Cc1cccc(OCCc2nc3ccc(C#N)cc3[nH]2)c1. The van der Waals surface area contributed by atoms with E-state index in [4.69, 9.17) is 10.00 Å². The van der Waals surface area contributed by atoms with Gasteiger partial charge in [0, 0.05) is 6.42 Å². The number of hydrogen-bond donors (Lipinski definition) is 1. The number of nitrogens with zero attached hydrogens (tertiary/aromatic N) is 2. The van der Waals surface area contributed by atoms with Crippen LogP contribution in [0.5, 0.6) is 5.75 Å². The largest absolute Gasteiger partial charge is 0.493 e. The number of imidazole rings is 1. The van der Waals surface area contributed by atoms with Crippen molar-refractivity contribution in [3.63, 3.8) is 0 Å². The molecule has 1 N–H and O–H groups in total. The van der Waals surface area contributed by atoms with Crippen LogP contribution in [0, 0.1) is 18.3 Å². The lowest BCUT2D eigenvalue weighted by molar-refractivity contribution is 0.319. The summed E-state index contributed by atoms with van der Waals surface area (Å²) in [6, 6.07) is 15.6. The number of aryl methyl sites for hydroxylation is 1.